The van der Waals surface area contributed by atoms with Gasteiger partial charge in [-0.15, -0.1) is 0 Å². The normalized spacial score (nSPS) is 31.3. The number of hydrogen-bond acceptors (Lipinski definition) is 9. The van der Waals surface area contributed by atoms with Gasteiger partial charge in [0.15, 0.2) is 6.29 Å². The Morgan fingerprint density at radius 2 is 1.81 bits per heavy atom. The highest BCUT2D eigenvalue weighted by molar-refractivity contribution is 6.01. The summed E-state index contributed by atoms with van der Waals surface area (Å²) in [4.78, 5) is 38.6. The quantitative estimate of drug-likeness (QED) is 0.208. The van der Waals surface area contributed by atoms with Crippen LogP contribution in [-0.2, 0) is 23.8 Å². The Labute approximate surface area is 218 Å². The van der Waals surface area contributed by atoms with Gasteiger partial charge in [0.05, 0.1) is 24.7 Å². The lowest BCUT2D eigenvalue weighted by Crippen LogP contribution is -2.58. The third kappa shape index (κ3) is 8.22. The molecule has 7 atom stereocenters. The van der Waals surface area contributed by atoms with Crippen molar-refractivity contribution in [3.63, 3.8) is 0 Å². The van der Waals surface area contributed by atoms with Crippen molar-refractivity contribution >= 4 is 17.9 Å². The molecule has 4 N–H and O–H groups in total. The highest BCUT2D eigenvalue weighted by atomic mass is 16.7. The summed E-state index contributed by atoms with van der Waals surface area (Å²) >= 11 is 0. The van der Waals surface area contributed by atoms with Crippen LogP contribution in [0.1, 0.15) is 84.5 Å². The fraction of sp³-hybridized carbons (Fsp3) is 0.808. The average molecular weight is 527 g/mol. The summed E-state index contributed by atoms with van der Waals surface area (Å²) in [6.45, 7) is 4.30. The molecule has 3 saturated heterocycles. The smallest absolute Gasteiger partial charge is 0.412 e. The van der Waals surface area contributed by atoms with Gasteiger partial charge in [-0.2, -0.15) is 0 Å². The standard InChI is InChI=1S/C26H42N2O9/c1-3-4-5-6-7-8-9-11-17(36-25-24(33)23(32)22(31)16(2)35-25)14-20(29)27-21(30)15-19-18-12-10-13-28(18)26(34)37-19/h15-18,22-25,31-33H,3-14H2,1-2H3,(H,27,29,30)/t16-,17+,18+,22-,23+,24+,25-/m0/s1. The molecule has 0 aliphatic carbocycles. The Morgan fingerprint density at radius 1 is 1.11 bits per heavy atom. The van der Waals surface area contributed by atoms with E-state index in [2.05, 4.69) is 12.2 Å². The molecule has 0 aromatic carbocycles. The molecule has 11 heteroatoms. The first-order valence-electron chi connectivity index (χ1n) is 13.6. The number of amides is 3. The molecule has 0 bridgehead atoms. The van der Waals surface area contributed by atoms with E-state index in [4.69, 9.17) is 14.2 Å². The number of imide groups is 1. The Hall–Kier alpha value is -2.05. The molecule has 0 saturated carbocycles. The number of ether oxygens (including phenoxy) is 3. The second-order valence-electron chi connectivity index (χ2n) is 10.2. The number of fused-ring (bicyclic) bond motifs is 1. The van der Waals surface area contributed by atoms with E-state index in [1.807, 2.05) is 0 Å². The van der Waals surface area contributed by atoms with Gasteiger partial charge in [0, 0.05) is 12.6 Å². The molecule has 37 heavy (non-hydrogen) atoms. The predicted octanol–water partition coefficient (Wildman–Crippen LogP) is 1.87. The maximum absolute atomic E-state index is 12.7. The Bertz CT molecular complexity index is 820. The van der Waals surface area contributed by atoms with E-state index >= 15 is 0 Å². The number of aliphatic hydroxyl groups is 3. The minimum absolute atomic E-state index is 0.167. The lowest BCUT2D eigenvalue weighted by atomic mass is 9.99. The van der Waals surface area contributed by atoms with E-state index in [9.17, 15) is 29.7 Å². The molecule has 3 fully saturated rings. The first-order valence-corrected chi connectivity index (χ1v) is 13.6. The van der Waals surface area contributed by atoms with Gasteiger partial charge < -0.3 is 29.5 Å². The second kappa shape index (κ2) is 14.2. The monoisotopic (exact) mass is 526 g/mol. The lowest BCUT2D eigenvalue weighted by molar-refractivity contribution is -0.304. The Kier molecular flexibility index (Phi) is 11.3. The van der Waals surface area contributed by atoms with Gasteiger partial charge in [0.2, 0.25) is 5.91 Å². The molecule has 0 unspecified atom stereocenters. The highest BCUT2D eigenvalue weighted by Crippen LogP contribution is 2.31. The average Bonchev–Trinajstić information content (AvgIpc) is 3.45. The Balaban J connectivity index is 1.55. The number of aliphatic hydroxyl groups excluding tert-OH is 3. The van der Waals surface area contributed by atoms with Crippen molar-refractivity contribution in [3.05, 3.63) is 11.8 Å². The zero-order chi connectivity index (χ0) is 26.9. The van der Waals surface area contributed by atoms with Crippen LogP contribution < -0.4 is 5.32 Å². The summed E-state index contributed by atoms with van der Waals surface area (Å²) in [5.41, 5.74) is 0. The minimum atomic E-state index is -1.48. The van der Waals surface area contributed by atoms with Crippen LogP contribution in [0.4, 0.5) is 4.79 Å². The predicted molar refractivity (Wildman–Crippen MR) is 132 cm³/mol. The molecule has 0 spiro atoms. The number of unbranched alkanes of at least 4 members (excludes halogenated alkanes) is 6. The molecule has 0 radical (unpaired) electrons. The molecule has 3 amide bonds. The highest BCUT2D eigenvalue weighted by Gasteiger charge is 2.44. The zero-order valence-corrected chi connectivity index (χ0v) is 21.8. The molecule has 210 valence electrons. The van der Waals surface area contributed by atoms with Crippen molar-refractivity contribution in [1.29, 1.82) is 0 Å². The fourth-order valence-corrected chi connectivity index (χ4v) is 5.06. The van der Waals surface area contributed by atoms with Crippen LogP contribution in [-0.4, -0.2) is 87.5 Å². The number of carbonyl (C=O) groups excluding carboxylic acids is 3. The van der Waals surface area contributed by atoms with E-state index in [-0.39, 0.29) is 18.2 Å². The fourth-order valence-electron chi connectivity index (χ4n) is 5.06. The van der Waals surface area contributed by atoms with Gasteiger partial charge >= 0.3 is 6.09 Å². The number of rotatable bonds is 13. The van der Waals surface area contributed by atoms with Crippen LogP contribution in [0.25, 0.3) is 0 Å². The van der Waals surface area contributed by atoms with Crippen molar-refractivity contribution in [3.8, 4) is 0 Å². The van der Waals surface area contributed by atoms with Crippen LogP contribution in [0.2, 0.25) is 0 Å². The van der Waals surface area contributed by atoms with Crippen molar-refractivity contribution in [2.75, 3.05) is 6.54 Å². The molecule has 3 heterocycles. The van der Waals surface area contributed by atoms with Crippen LogP contribution in [0, 0.1) is 0 Å². The summed E-state index contributed by atoms with van der Waals surface area (Å²) < 4.78 is 16.6. The van der Waals surface area contributed by atoms with Gasteiger partial charge in [-0.05, 0) is 26.2 Å². The van der Waals surface area contributed by atoms with Crippen molar-refractivity contribution in [2.45, 2.75) is 127 Å². The second-order valence-corrected chi connectivity index (χ2v) is 10.2. The van der Waals surface area contributed by atoms with Crippen LogP contribution in [0.15, 0.2) is 11.8 Å². The maximum Gasteiger partial charge on any atom is 0.415 e. The third-order valence-electron chi connectivity index (χ3n) is 7.23. The molecule has 0 aromatic rings. The topological polar surface area (TPSA) is 155 Å². The molecule has 3 aliphatic rings. The van der Waals surface area contributed by atoms with E-state index in [0.29, 0.717) is 19.4 Å². The van der Waals surface area contributed by atoms with E-state index in [0.717, 1.165) is 38.2 Å². The van der Waals surface area contributed by atoms with Crippen LogP contribution >= 0.6 is 0 Å². The molecule has 0 aromatic heterocycles. The summed E-state index contributed by atoms with van der Waals surface area (Å²) in [5, 5.41) is 32.7. The largest absolute Gasteiger partial charge is 0.415 e. The molecular formula is C26H42N2O9. The van der Waals surface area contributed by atoms with Crippen molar-refractivity contribution in [2.24, 2.45) is 0 Å². The van der Waals surface area contributed by atoms with Gasteiger partial charge in [-0.25, -0.2) is 4.79 Å². The van der Waals surface area contributed by atoms with Crippen molar-refractivity contribution in [1.82, 2.24) is 10.2 Å². The van der Waals surface area contributed by atoms with Crippen LogP contribution in [0.5, 0.6) is 0 Å². The maximum atomic E-state index is 12.7. The summed E-state index contributed by atoms with van der Waals surface area (Å²) in [7, 11) is 0. The zero-order valence-electron chi connectivity index (χ0n) is 21.8. The summed E-state index contributed by atoms with van der Waals surface area (Å²) in [6.07, 6.45) is 3.15. The summed E-state index contributed by atoms with van der Waals surface area (Å²) in [5.74, 6) is -1.03. The minimum Gasteiger partial charge on any atom is -0.412 e. The number of carbonyl (C=O) groups is 3. The van der Waals surface area contributed by atoms with Gasteiger partial charge in [0.25, 0.3) is 5.91 Å². The third-order valence-corrected chi connectivity index (χ3v) is 7.23. The molecule has 3 rings (SSSR count). The SMILES string of the molecule is CCCCCCCCC[C@H](CC(=O)NC(=O)C=C1OC(=O)N2CCC[C@H]12)O[C@@H]1O[C@@H](C)[C@H](O)[C@@H](O)[C@H]1O. The van der Waals surface area contributed by atoms with E-state index < -0.39 is 54.7 Å². The number of nitrogens with zero attached hydrogens (tertiary/aromatic N) is 1. The number of cyclic esters (lactones) is 1. The van der Waals surface area contributed by atoms with Gasteiger partial charge in [0.1, 0.15) is 24.1 Å². The van der Waals surface area contributed by atoms with Gasteiger partial charge in [-0.1, -0.05) is 51.9 Å². The van der Waals surface area contributed by atoms with Crippen LogP contribution in [0.3, 0.4) is 0 Å². The number of nitrogens with one attached hydrogen (secondary N) is 1. The van der Waals surface area contributed by atoms with Gasteiger partial charge in [-0.3, -0.25) is 19.8 Å². The first kappa shape index (κ1) is 29.5. The Morgan fingerprint density at radius 3 is 2.54 bits per heavy atom. The summed E-state index contributed by atoms with van der Waals surface area (Å²) in [6, 6.07) is -0.268. The first-order chi connectivity index (χ1) is 17.7. The van der Waals surface area contributed by atoms with E-state index in [1.165, 1.54) is 19.3 Å². The molecule has 11 nitrogen and oxygen atoms in total. The number of hydrogen-bond donors (Lipinski definition) is 4. The molecular weight excluding hydrogens is 484 g/mol. The molecule has 3 aliphatic heterocycles. The van der Waals surface area contributed by atoms with E-state index in [1.54, 1.807) is 11.8 Å². The van der Waals surface area contributed by atoms with Crippen molar-refractivity contribution < 1.29 is 43.9 Å². The lowest BCUT2D eigenvalue weighted by Gasteiger charge is -2.40.